The van der Waals surface area contributed by atoms with Gasteiger partial charge >= 0.3 is 5.97 Å². The number of ketones is 1. The lowest BCUT2D eigenvalue weighted by Gasteiger charge is -2.21. The highest BCUT2D eigenvalue weighted by atomic mass is 16.7. The average molecular weight is 292 g/mol. The molecule has 4 nitrogen and oxygen atoms in total. The van der Waals surface area contributed by atoms with Crippen LogP contribution in [0.4, 0.5) is 0 Å². The smallest absolute Gasteiger partial charge is 0.312 e. The number of ether oxygens (including phenoxy) is 2. The van der Waals surface area contributed by atoms with Crippen LogP contribution in [0.1, 0.15) is 51.4 Å². The summed E-state index contributed by atoms with van der Waals surface area (Å²) in [5.41, 5.74) is 0. The molecule has 0 spiro atoms. The van der Waals surface area contributed by atoms with Crippen molar-refractivity contribution in [3.05, 3.63) is 12.2 Å². The Morgan fingerprint density at radius 2 is 1.81 bits per heavy atom. The highest BCUT2D eigenvalue weighted by Crippen LogP contribution is 2.41. The molecule has 0 aromatic heterocycles. The zero-order valence-corrected chi connectivity index (χ0v) is 12.5. The molecule has 4 heteroatoms. The summed E-state index contributed by atoms with van der Waals surface area (Å²) in [4.78, 5) is 23.8. The maximum Gasteiger partial charge on any atom is 0.312 e. The van der Waals surface area contributed by atoms with Crippen LogP contribution in [0, 0.1) is 17.8 Å². The molecule has 2 saturated carbocycles. The van der Waals surface area contributed by atoms with E-state index >= 15 is 0 Å². The summed E-state index contributed by atoms with van der Waals surface area (Å²) in [7, 11) is 0. The first-order valence-corrected chi connectivity index (χ1v) is 8.26. The van der Waals surface area contributed by atoms with Crippen LogP contribution in [0.2, 0.25) is 0 Å². The van der Waals surface area contributed by atoms with Crippen molar-refractivity contribution in [3.8, 4) is 0 Å². The van der Waals surface area contributed by atoms with Gasteiger partial charge in [-0.05, 0) is 19.3 Å². The fourth-order valence-corrected chi connectivity index (χ4v) is 3.76. The maximum atomic E-state index is 12.1. The number of carbonyl (C=O) groups is 2. The molecule has 0 N–H and O–H groups in total. The molecule has 2 fully saturated rings. The van der Waals surface area contributed by atoms with Crippen LogP contribution in [-0.4, -0.2) is 24.6 Å². The number of allylic oxidation sites excluding steroid dienone is 2. The number of Topliss-reactive ketones (excluding diaryl/α,β-unsaturated/α-hetero) is 1. The molecule has 2 bridgehead atoms. The van der Waals surface area contributed by atoms with Gasteiger partial charge in [-0.15, -0.1) is 0 Å². The summed E-state index contributed by atoms with van der Waals surface area (Å²) in [5, 5.41) is 0. The van der Waals surface area contributed by atoms with Crippen molar-refractivity contribution in [2.75, 3.05) is 6.79 Å². The van der Waals surface area contributed by atoms with E-state index < -0.39 is 0 Å². The van der Waals surface area contributed by atoms with Gasteiger partial charge < -0.3 is 9.47 Å². The second kappa shape index (κ2) is 6.73. The van der Waals surface area contributed by atoms with E-state index in [1.54, 1.807) is 0 Å². The standard InChI is InChI=1S/C17H24O4/c18-16-12-8-9-14(16)15(10-12)17(19)21-11-20-13-6-4-2-1-3-5-7-13/h8-9,12-15H,1-7,10-11H2. The molecule has 0 heterocycles. The predicted octanol–water partition coefficient (Wildman–Crippen LogP) is 3.01. The first-order chi connectivity index (χ1) is 10.3. The molecular weight excluding hydrogens is 268 g/mol. The zero-order chi connectivity index (χ0) is 14.7. The Bertz CT molecular complexity index is 421. The molecule has 0 aliphatic heterocycles. The van der Waals surface area contributed by atoms with E-state index in [0.29, 0.717) is 6.42 Å². The highest BCUT2D eigenvalue weighted by Gasteiger charge is 2.47. The fourth-order valence-electron chi connectivity index (χ4n) is 3.76. The van der Waals surface area contributed by atoms with Crippen molar-refractivity contribution in [1.82, 2.24) is 0 Å². The fraction of sp³-hybridized carbons (Fsp3) is 0.765. The lowest BCUT2D eigenvalue weighted by atomic mass is 9.94. The van der Waals surface area contributed by atoms with Crippen LogP contribution in [-0.2, 0) is 19.1 Å². The minimum absolute atomic E-state index is 0.0370. The lowest BCUT2D eigenvalue weighted by molar-refractivity contribution is -0.167. The molecular formula is C17H24O4. The maximum absolute atomic E-state index is 12.1. The van der Waals surface area contributed by atoms with E-state index in [-0.39, 0.29) is 42.4 Å². The summed E-state index contributed by atoms with van der Waals surface area (Å²) < 4.78 is 11.0. The molecule has 0 saturated heterocycles. The molecule has 116 valence electrons. The van der Waals surface area contributed by atoms with Gasteiger partial charge in [0, 0.05) is 11.8 Å². The normalized spacial score (nSPS) is 33.0. The highest BCUT2D eigenvalue weighted by molar-refractivity contribution is 5.96. The molecule has 0 aromatic rings. The summed E-state index contributed by atoms with van der Waals surface area (Å²) in [6, 6.07) is 0. The van der Waals surface area contributed by atoms with E-state index in [2.05, 4.69) is 0 Å². The number of rotatable bonds is 4. The van der Waals surface area contributed by atoms with E-state index in [0.717, 1.165) is 12.8 Å². The van der Waals surface area contributed by atoms with Gasteiger partial charge in [0.05, 0.1) is 12.0 Å². The van der Waals surface area contributed by atoms with Gasteiger partial charge in [0.2, 0.25) is 0 Å². The van der Waals surface area contributed by atoms with Crippen molar-refractivity contribution >= 4 is 11.8 Å². The number of esters is 1. The second-order valence-electron chi connectivity index (χ2n) is 6.48. The summed E-state index contributed by atoms with van der Waals surface area (Å²) in [6.07, 6.45) is 13.0. The molecule has 3 aliphatic rings. The zero-order valence-electron chi connectivity index (χ0n) is 12.5. The minimum atomic E-state index is -0.284. The quantitative estimate of drug-likeness (QED) is 0.454. The monoisotopic (exact) mass is 292 g/mol. The van der Waals surface area contributed by atoms with Crippen molar-refractivity contribution in [2.24, 2.45) is 17.8 Å². The third-order valence-electron chi connectivity index (χ3n) is 5.05. The van der Waals surface area contributed by atoms with Crippen LogP contribution in [0.5, 0.6) is 0 Å². The Labute approximate surface area is 125 Å². The van der Waals surface area contributed by atoms with Gasteiger partial charge in [-0.2, -0.15) is 0 Å². The molecule has 0 radical (unpaired) electrons. The van der Waals surface area contributed by atoms with E-state index in [9.17, 15) is 9.59 Å². The SMILES string of the molecule is O=C1C2C=CC1C(C(=O)OCOC1CCCCCCC1)C2. The molecule has 0 aromatic carbocycles. The van der Waals surface area contributed by atoms with Crippen molar-refractivity contribution in [3.63, 3.8) is 0 Å². The van der Waals surface area contributed by atoms with Crippen LogP contribution in [0.15, 0.2) is 12.2 Å². The van der Waals surface area contributed by atoms with E-state index in [4.69, 9.17) is 9.47 Å². The molecule has 3 atom stereocenters. The Kier molecular flexibility index (Phi) is 4.73. The number of carbonyl (C=O) groups excluding carboxylic acids is 2. The van der Waals surface area contributed by atoms with Gasteiger partial charge in [-0.1, -0.05) is 44.3 Å². The van der Waals surface area contributed by atoms with Crippen LogP contribution in [0.3, 0.4) is 0 Å². The van der Waals surface area contributed by atoms with Crippen molar-refractivity contribution in [2.45, 2.75) is 57.5 Å². The van der Waals surface area contributed by atoms with Gasteiger partial charge in [-0.3, -0.25) is 9.59 Å². The Hall–Kier alpha value is -1.16. The van der Waals surface area contributed by atoms with E-state index in [1.165, 1.54) is 32.1 Å². The minimum Gasteiger partial charge on any atom is -0.438 e. The molecule has 3 unspecified atom stereocenters. The first-order valence-electron chi connectivity index (χ1n) is 8.26. The van der Waals surface area contributed by atoms with Gasteiger partial charge in [0.1, 0.15) is 5.78 Å². The van der Waals surface area contributed by atoms with E-state index in [1.807, 2.05) is 12.2 Å². The molecule has 0 amide bonds. The van der Waals surface area contributed by atoms with Crippen molar-refractivity contribution < 1.29 is 19.1 Å². The Balaban J connectivity index is 1.40. The first kappa shape index (κ1) is 14.8. The third-order valence-corrected chi connectivity index (χ3v) is 5.05. The number of fused-ring (bicyclic) bond motifs is 2. The van der Waals surface area contributed by atoms with Crippen LogP contribution >= 0.6 is 0 Å². The summed E-state index contributed by atoms with van der Waals surface area (Å²) in [6.45, 7) is 0.0370. The van der Waals surface area contributed by atoms with Gasteiger partial charge in [0.15, 0.2) is 6.79 Å². The number of hydrogen-bond acceptors (Lipinski definition) is 4. The molecule has 21 heavy (non-hydrogen) atoms. The predicted molar refractivity (Wildman–Crippen MR) is 77.4 cm³/mol. The Morgan fingerprint density at radius 3 is 2.43 bits per heavy atom. The average Bonchev–Trinajstić information content (AvgIpc) is 2.96. The summed E-state index contributed by atoms with van der Waals surface area (Å²) >= 11 is 0. The molecule has 3 rings (SSSR count). The topological polar surface area (TPSA) is 52.6 Å². The van der Waals surface area contributed by atoms with Crippen molar-refractivity contribution in [1.29, 1.82) is 0 Å². The second-order valence-corrected chi connectivity index (χ2v) is 6.48. The Morgan fingerprint density at radius 1 is 1.10 bits per heavy atom. The van der Waals surface area contributed by atoms with Crippen LogP contribution in [0.25, 0.3) is 0 Å². The van der Waals surface area contributed by atoms with Crippen LogP contribution < -0.4 is 0 Å². The summed E-state index contributed by atoms with van der Waals surface area (Å²) in [5.74, 6) is -0.680. The third kappa shape index (κ3) is 3.37. The number of hydrogen-bond donors (Lipinski definition) is 0. The lowest BCUT2D eigenvalue weighted by Crippen LogP contribution is -2.25. The van der Waals surface area contributed by atoms with Gasteiger partial charge in [-0.25, -0.2) is 0 Å². The van der Waals surface area contributed by atoms with Gasteiger partial charge in [0.25, 0.3) is 0 Å². The molecule has 3 aliphatic carbocycles. The largest absolute Gasteiger partial charge is 0.438 e.